The number of ether oxygens (including phenoxy) is 1. The summed E-state index contributed by atoms with van der Waals surface area (Å²) >= 11 is 0. The summed E-state index contributed by atoms with van der Waals surface area (Å²) in [5.74, 6) is 0.0537. The van der Waals surface area contributed by atoms with Gasteiger partial charge in [-0.1, -0.05) is 0 Å². The van der Waals surface area contributed by atoms with Gasteiger partial charge < -0.3 is 68.1 Å². The molecular weight excluding hydrogens is 570 g/mol. The average Bonchev–Trinajstić information content (AvgIpc) is 2.67. The first-order chi connectivity index (χ1) is 9.46. The summed E-state index contributed by atoms with van der Waals surface area (Å²) < 4.78 is 6.19. The van der Waals surface area contributed by atoms with E-state index in [2.05, 4.69) is 4.98 Å². The molecule has 2 rings (SSSR count). The Hall–Kier alpha value is -0.892. The summed E-state index contributed by atoms with van der Waals surface area (Å²) in [6, 6.07) is 1.37. The van der Waals surface area contributed by atoms with Crippen molar-refractivity contribution < 1.29 is 71.1 Å². The number of halogens is 2. The van der Waals surface area contributed by atoms with Crippen molar-refractivity contribution in [3.8, 4) is 0 Å². The quantitative estimate of drug-likeness (QED) is 0.126. The SMILES string of the molecule is N.N.Nc1ccn([C@@H]2O[C@H](CO)[C@@H](O)[C@@H]2O)c(=O)n1.O=NO.[Cl-].[Cl-].[Pt+4]. The standard InChI is InChI=1S/C9H13N3O5.2ClH.HNO2.2H3N.Pt/c10-5-1-2-12(9(16)11-5)8-7(15)6(14)4(3-13)17-8;;;2-1-3;;;/h1-2,4,6-8,13-15H,3H2,(H2,10,11,16);2*1H;(H,2,3);2*1H3;/q;;;;;;+4/p-2/t4-,6-,7+,8-;;;;;;/m1....../s1. The molecule has 0 spiro atoms. The molecule has 0 bridgehead atoms. The molecule has 0 radical (unpaired) electrons. The van der Waals surface area contributed by atoms with Gasteiger partial charge in [-0.05, 0) is 6.07 Å². The second-order valence-corrected chi connectivity index (χ2v) is 3.85. The van der Waals surface area contributed by atoms with Crippen LogP contribution in [0.15, 0.2) is 22.4 Å². The summed E-state index contributed by atoms with van der Waals surface area (Å²) in [4.78, 5) is 23.1. The van der Waals surface area contributed by atoms with E-state index in [-0.39, 0.29) is 64.0 Å². The number of nitrogens with zero attached hydrogens (tertiary/aromatic N) is 3. The van der Waals surface area contributed by atoms with Crippen LogP contribution in [0, 0.1) is 4.91 Å². The maximum Gasteiger partial charge on any atom is 4.00 e. The minimum atomic E-state index is -1.31. The summed E-state index contributed by atoms with van der Waals surface area (Å²) in [7, 11) is 0. The van der Waals surface area contributed by atoms with Crippen molar-refractivity contribution >= 4 is 5.82 Å². The minimum Gasteiger partial charge on any atom is -1.00 e. The van der Waals surface area contributed by atoms with Crippen LogP contribution in [-0.4, -0.2) is 55.0 Å². The molecule has 1 aromatic rings. The van der Waals surface area contributed by atoms with Gasteiger partial charge >= 0.3 is 26.8 Å². The summed E-state index contributed by atoms with van der Waals surface area (Å²) in [5, 5.41) is 36.0. The topological polar surface area (TPSA) is 250 Å². The Morgan fingerprint density at radius 2 is 1.76 bits per heavy atom. The van der Waals surface area contributed by atoms with E-state index in [4.69, 9.17) is 25.7 Å². The Balaban J connectivity index is -0.000000156. The molecule has 2 heterocycles. The molecular formula is C9H20Cl2N6O7Pt+2. The summed E-state index contributed by atoms with van der Waals surface area (Å²) in [6.07, 6.45) is -3.27. The number of anilines is 1. The van der Waals surface area contributed by atoms with Gasteiger partial charge in [0.2, 0.25) is 0 Å². The third-order valence-corrected chi connectivity index (χ3v) is 2.64. The number of nitrogens with two attached hydrogens (primary N) is 1. The van der Waals surface area contributed by atoms with Crippen LogP contribution in [0.4, 0.5) is 5.82 Å². The van der Waals surface area contributed by atoms with E-state index in [1.807, 2.05) is 0 Å². The van der Waals surface area contributed by atoms with Crippen LogP contribution in [0.1, 0.15) is 6.23 Å². The fraction of sp³-hybridized carbons (Fsp3) is 0.556. The molecule has 1 fully saturated rings. The van der Waals surface area contributed by atoms with Crippen LogP contribution >= 0.6 is 0 Å². The molecule has 1 aliphatic rings. The van der Waals surface area contributed by atoms with Gasteiger partial charge in [-0.15, -0.1) is 4.91 Å². The van der Waals surface area contributed by atoms with Crippen LogP contribution in [0.5, 0.6) is 0 Å². The van der Waals surface area contributed by atoms with Crippen molar-refractivity contribution in [3.05, 3.63) is 27.7 Å². The largest absolute Gasteiger partial charge is 4.00 e. The number of aromatic nitrogens is 2. The third kappa shape index (κ3) is 8.85. The van der Waals surface area contributed by atoms with E-state index in [0.717, 1.165) is 4.57 Å². The normalized spacial score (nSPS) is 22.8. The van der Waals surface area contributed by atoms with E-state index < -0.39 is 36.8 Å². The maximum atomic E-state index is 11.5. The molecule has 0 aliphatic carbocycles. The van der Waals surface area contributed by atoms with Crippen molar-refractivity contribution in [2.75, 3.05) is 12.3 Å². The minimum absolute atomic E-state index is 0. The average molecular weight is 590 g/mol. The Morgan fingerprint density at radius 1 is 1.28 bits per heavy atom. The first-order valence-corrected chi connectivity index (χ1v) is 5.40. The van der Waals surface area contributed by atoms with Crippen molar-refractivity contribution in [3.63, 3.8) is 0 Å². The number of aliphatic hydroxyl groups excluding tert-OH is 3. The van der Waals surface area contributed by atoms with Gasteiger partial charge in [0, 0.05) is 6.20 Å². The molecule has 4 atom stereocenters. The summed E-state index contributed by atoms with van der Waals surface area (Å²) in [5.41, 5.74) is 4.63. The van der Waals surface area contributed by atoms with Crippen LogP contribution in [-0.2, 0) is 25.8 Å². The van der Waals surface area contributed by atoms with Crippen molar-refractivity contribution in [1.82, 2.24) is 21.9 Å². The zero-order chi connectivity index (χ0) is 15.3. The number of nitrogen functional groups attached to an aromatic ring is 1. The molecule has 1 aliphatic heterocycles. The van der Waals surface area contributed by atoms with Crippen molar-refractivity contribution in [1.29, 1.82) is 0 Å². The molecule has 0 unspecified atom stereocenters. The molecule has 25 heavy (non-hydrogen) atoms. The molecule has 12 N–H and O–H groups in total. The fourth-order valence-corrected chi connectivity index (χ4v) is 1.73. The zero-order valence-electron chi connectivity index (χ0n) is 12.6. The molecule has 0 amide bonds. The van der Waals surface area contributed by atoms with Crippen molar-refractivity contribution in [2.45, 2.75) is 24.5 Å². The zero-order valence-corrected chi connectivity index (χ0v) is 16.4. The molecule has 0 aromatic carbocycles. The molecule has 13 nitrogen and oxygen atoms in total. The molecule has 1 saturated heterocycles. The van der Waals surface area contributed by atoms with Crippen LogP contribution < -0.4 is 48.5 Å². The van der Waals surface area contributed by atoms with Gasteiger partial charge in [0.15, 0.2) is 11.6 Å². The predicted octanol–water partition coefficient (Wildman–Crippen LogP) is -8.09. The van der Waals surface area contributed by atoms with E-state index in [0.29, 0.717) is 0 Å². The number of hydrogen-bond donors (Lipinski definition) is 7. The first kappa shape index (κ1) is 35.3. The first-order valence-electron chi connectivity index (χ1n) is 5.40. The monoisotopic (exact) mass is 589 g/mol. The molecule has 0 saturated carbocycles. The van der Waals surface area contributed by atoms with Gasteiger partial charge in [0.05, 0.1) is 6.61 Å². The fourth-order valence-electron chi connectivity index (χ4n) is 1.73. The Bertz CT molecular complexity index is 527. The Morgan fingerprint density at radius 3 is 2.12 bits per heavy atom. The van der Waals surface area contributed by atoms with Crippen LogP contribution in [0.2, 0.25) is 0 Å². The van der Waals surface area contributed by atoms with Crippen LogP contribution in [0.25, 0.3) is 0 Å². The number of aliphatic hydroxyl groups is 3. The predicted molar refractivity (Wildman–Crippen MR) is 73.5 cm³/mol. The summed E-state index contributed by atoms with van der Waals surface area (Å²) in [6.45, 7) is -0.453. The van der Waals surface area contributed by atoms with Crippen LogP contribution in [0.3, 0.4) is 0 Å². The van der Waals surface area contributed by atoms with E-state index >= 15 is 0 Å². The number of hydrogen-bond acceptors (Lipinski definition) is 11. The van der Waals surface area contributed by atoms with E-state index in [1.54, 1.807) is 0 Å². The molecule has 16 heteroatoms. The smallest absolute Gasteiger partial charge is 1.00 e. The molecule has 150 valence electrons. The van der Waals surface area contributed by atoms with Gasteiger partial charge in [-0.2, -0.15) is 4.98 Å². The second-order valence-electron chi connectivity index (χ2n) is 3.85. The second kappa shape index (κ2) is 16.6. The Labute approximate surface area is 168 Å². The van der Waals surface area contributed by atoms with E-state index in [9.17, 15) is 15.0 Å². The van der Waals surface area contributed by atoms with Crippen molar-refractivity contribution in [2.24, 2.45) is 5.34 Å². The maximum absolute atomic E-state index is 11.5. The Kier molecular flexibility index (Phi) is 23.4. The van der Waals surface area contributed by atoms with Gasteiger partial charge in [-0.25, -0.2) is 4.79 Å². The van der Waals surface area contributed by atoms with Gasteiger partial charge in [-0.3, -0.25) is 4.57 Å². The molecule has 1 aromatic heterocycles. The van der Waals surface area contributed by atoms with Gasteiger partial charge in [0.25, 0.3) is 0 Å². The number of rotatable bonds is 2. The van der Waals surface area contributed by atoms with Gasteiger partial charge in [0.1, 0.15) is 24.1 Å². The van der Waals surface area contributed by atoms with E-state index in [1.165, 1.54) is 17.6 Å². The third-order valence-electron chi connectivity index (χ3n) is 2.64.